The summed E-state index contributed by atoms with van der Waals surface area (Å²) < 4.78 is 0. The molecule has 1 aromatic heterocycles. The average molecular weight is 286 g/mol. The first-order chi connectivity index (χ1) is 9.65. The molecule has 4 nitrogen and oxygen atoms in total. The number of fused-ring (bicyclic) bond motifs is 1. The maximum absolute atomic E-state index is 12.2. The molecular weight excluding hydrogens is 274 g/mol. The van der Waals surface area contributed by atoms with Gasteiger partial charge in [-0.1, -0.05) is 35.9 Å². The number of aromatic nitrogens is 1. The topological polar surface area (TPSA) is 70.9 Å². The lowest BCUT2D eigenvalue weighted by Crippen LogP contribution is -2.12. The third-order valence-electron chi connectivity index (χ3n) is 3.06. The molecule has 0 bridgehead atoms. The van der Waals surface area contributed by atoms with Gasteiger partial charge in [0.1, 0.15) is 5.69 Å². The largest absolute Gasteiger partial charge is 0.397 e. The van der Waals surface area contributed by atoms with Gasteiger partial charge in [-0.15, -0.1) is 0 Å². The van der Waals surface area contributed by atoms with Gasteiger partial charge < -0.3 is 16.0 Å². The van der Waals surface area contributed by atoms with Crippen molar-refractivity contribution in [1.82, 2.24) is 4.98 Å². The Morgan fingerprint density at radius 1 is 1.15 bits per heavy atom. The minimum Gasteiger partial charge on any atom is -0.397 e. The van der Waals surface area contributed by atoms with E-state index in [0.29, 0.717) is 22.1 Å². The number of H-pyrrole nitrogens is 1. The summed E-state index contributed by atoms with van der Waals surface area (Å²) in [6.45, 7) is 0. The van der Waals surface area contributed by atoms with Gasteiger partial charge in [0, 0.05) is 5.39 Å². The fourth-order valence-corrected chi connectivity index (χ4v) is 2.24. The fraction of sp³-hybridized carbons (Fsp3) is 0. The van der Waals surface area contributed by atoms with Crippen LogP contribution in [0.4, 0.5) is 11.4 Å². The number of benzene rings is 2. The molecule has 1 heterocycles. The van der Waals surface area contributed by atoms with Crippen LogP contribution in [0.1, 0.15) is 10.5 Å². The molecule has 2 aromatic carbocycles. The van der Waals surface area contributed by atoms with E-state index < -0.39 is 0 Å². The summed E-state index contributed by atoms with van der Waals surface area (Å²) in [5.41, 5.74) is 8.25. The Labute approximate surface area is 120 Å². The monoisotopic (exact) mass is 285 g/mol. The number of anilines is 2. The molecule has 0 unspecified atom stereocenters. The summed E-state index contributed by atoms with van der Waals surface area (Å²) in [5, 5.41) is 4.16. The van der Waals surface area contributed by atoms with Crippen molar-refractivity contribution in [3.05, 3.63) is 59.2 Å². The van der Waals surface area contributed by atoms with E-state index in [9.17, 15) is 4.79 Å². The van der Waals surface area contributed by atoms with Gasteiger partial charge in [-0.2, -0.15) is 0 Å². The Balaban J connectivity index is 1.93. The highest BCUT2D eigenvalue weighted by atomic mass is 35.5. The molecule has 20 heavy (non-hydrogen) atoms. The van der Waals surface area contributed by atoms with Crippen LogP contribution in [0, 0.1) is 0 Å². The lowest BCUT2D eigenvalue weighted by atomic mass is 10.2. The highest BCUT2D eigenvalue weighted by Crippen LogP contribution is 2.24. The van der Waals surface area contributed by atoms with Crippen LogP contribution in [-0.2, 0) is 0 Å². The first kappa shape index (κ1) is 12.6. The minimum atomic E-state index is -0.256. The van der Waals surface area contributed by atoms with Crippen molar-refractivity contribution in [2.75, 3.05) is 11.1 Å². The van der Waals surface area contributed by atoms with Gasteiger partial charge in [0.05, 0.1) is 21.9 Å². The molecule has 0 aliphatic carbocycles. The van der Waals surface area contributed by atoms with Gasteiger partial charge in [0.15, 0.2) is 0 Å². The molecule has 4 N–H and O–H groups in total. The number of nitrogen functional groups attached to an aromatic ring is 1. The van der Waals surface area contributed by atoms with E-state index >= 15 is 0 Å². The number of amides is 1. The predicted molar refractivity (Wildman–Crippen MR) is 82.1 cm³/mol. The summed E-state index contributed by atoms with van der Waals surface area (Å²) >= 11 is 6.01. The van der Waals surface area contributed by atoms with E-state index in [0.717, 1.165) is 10.9 Å². The van der Waals surface area contributed by atoms with Crippen LogP contribution in [0.15, 0.2) is 48.5 Å². The van der Waals surface area contributed by atoms with Crippen molar-refractivity contribution < 1.29 is 4.79 Å². The van der Waals surface area contributed by atoms with Crippen LogP contribution < -0.4 is 11.1 Å². The first-order valence-electron chi connectivity index (χ1n) is 6.08. The molecule has 0 fully saturated rings. The minimum absolute atomic E-state index is 0.256. The lowest BCUT2D eigenvalue weighted by molar-refractivity contribution is 0.102. The fourth-order valence-electron chi connectivity index (χ4n) is 2.05. The van der Waals surface area contributed by atoms with E-state index in [-0.39, 0.29) is 5.91 Å². The van der Waals surface area contributed by atoms with Crippen LogP contribution in [0.2, 0.25) is 5.02 Å². The molecule has 100 valence electrons. The Kier molecular flexibility index (Phi) is 3.08. The summed E-state index contributed by atoms with van der Waals surface area (Å²) in [6.07, 6.45) is 0. The number of carbonyl (C=O) groups excluding carboxylic acids is 1. The second kappa shape index (κ2) is 4.90. The molecule has 0 atom stereocenters. The molecule has 5 heteroatoms. The molecule has 3 rings (SSSR count). The third-order valence-corrected chi connectivity index (χ3v) is 3.38. The summed E-state index contributed by atoms with van der Waals surface area (Å²) in [7, 11) is 0. The first-order valence-corrected chi connectivity index (χ1v) is 6.46. The number of hydrogen-bond acceptors (Lipinski definition) is 2. The number of nitrogens with one attached hydrogen (secondary N) is 2. The number of nitrogens with two attached hydrogens (primary N) is 1. The SMILES string of the molecule is Nc1cccc2cc(C(=O)Nc3ccccc3Cl)[nH]c12. The normalized spacial score (nSPS) is 10.7. The summed E-state index contributed by atoms with van der Waals surface area (Å²) in [4.78, 5) is 15.2. The number of aromatic amines is 1. The zero-order valence-corrected chi connectivity index (χ0v) is 11.2. The van der Waals surface area contributed by atoms with Crippen molar-refractivity contribution in [2.24, 2.45) is 0 Å². The van der Waals surface area contributed by atoms with E-state index in [1.54, 1.807) is 24.3 Å². The Bertz CT molecular complexity index is 795. The maximum Gasteiger partial charge on any atom is 0.272 e. The summed E-state index contributed by atoms with van der Waals surface area (Å²) in [5.74, 6) is -0.256. The maximum atomic E-state index is 12.2. The van der Waals surface area contributed by atoms with Gasteiger partial charge in [-0.05, 0) is 24.3 Å². The smallest absolute Gasteiger partial charge is 0.272 e. The van der Waals surface area contributed by atoms with Gasteiger partial charge in [0.2, 0.25) is 0 Å². The van der Waals surface area contributed by atoms with Crippen LogP contribution in [0.3, 0.4) is 0 Å². The van der Waals surface area contributed by atoms with Gasteiger partial charge in [-0.3, -0.25) is 4.79 Å². The van der Waals surface area contributed by atoms with Crippen LogP contribution in [-0.4, -0.2) is 10.9 Å². The van der Waals surface area contributed by atoms with Gasteiger partial charge in [0.25, 0.3) is 5.91 Å². The molecule has 0 aliphatic heterocycles. The molecule has 0 saturated carbocycles. The second-order valence-electron chi connectivity index (χ2n) is 4.43. The van der Waals surface area contributed by atoms with Crippen LogP contribution in [0.25, 0.3) is 10.9 Å². The van der Waals surface area contributed by atoms with Crippen molar-refractivity contribution in [1.29, 1.82) is 0 Å². The Morgan fingerprint density at radius 2 is 1.95 bits per heavy atom. The van der Waals surface area contributed by atoms with Crippen molar-refractivity contribution >= 4 is 39.8 Å². The van der Waals surface area contributed by atoms with Crippen molar-refractivity contribution in [3.63, 3.8) is 0 Å². The zero-order chi connectivity index (χ0) is 14.1. The van der Waals surface area contributed by atoms with E-state index in [2.05, 4.69) is 10.3 Å². The van der Waals surface area contributed by atoms with E-state index in [4.69, 9.17) is 17.3 Å². The van der Waals surface area contributed by atoms with Crippen LogP contribution >= 0.6 is 11.6 Å². The van der Waals surface area contributed by atoms with Gasteiger partial charge >= 0.3 is 0 Å². The number of para-hydroxylation sites is 2. The number of carbonyl (C=O) groups is 1. The zero-order valence-electron chi connectivity index (χ0n) is 10.5. The molecule has 3 aromatic rings. The van der Waals surface area contributed by atoms with E-state index in [1.807, 2.05) is 24.3 Å². The average Bonchev–Trinajstić information content (AvgIpc) is 2.87. The van der Waals surface area contributed by atoms with Crippen molar-refractivity contribution in [3.8, 4) is 0 Å². The predicted octanol–water partition coefficient (Wildman–Crippen LogP) is 3.66. The highest BCUT2D eigenvalue weighted by Gasteiger charge is 2.12. The van der Waals surface area contributed by atoms with Gasteiger partial charge in [-0.25, -0.2) is 0 Å². The highest BCUT2D eigenvalue weighted by molar-refractivity contribution is 6.33. The number of halogens is 1. The Hall–Kier alpha value is -2.46. The molecule has 0 radical (unpaired) electrons. The second-order valence-corrected chi connectivity index (χ2v) is 4.84. The number of hydrogen-bond donors (Lipinski definition) is 3. The van der Waals surface area contributed by atoms with E-state index in [1.165, 1.54) is 0 Å². The summed E-state index contributed by atoms with van der Waals surface area (Å²) in [6, 6.07) is 14.4. The number of rotatable bonds is 2. The lowest BCUT2D eigenvalue weighted by Gasteiger charge is -2.05. The van der Waals surface area contributed by atoms with Crippen molar-refractivity contribution in [2.45, 2.75) is 0 Å². The molecular formula is C15H12ClN3O. The standard InChI is InChI=1S/C15H12ClN3O/c16-10-5-1-2-7-12(10)19-15(20)13-8-9-4-3-6-11(17)14(9)18-13/h1-8,18H,17H2,(H,19,20). The van der Waals surface area contributed by atoms with Crippen LogP contribution in [0.5, 0.6) is 0 Å². The Morgan fingerprint density at radius 3 is 2.70 bits per heavy atom. The molecule has 0 aliphatic rings. The third kappa shape index (κ3) is 2.21. The molecule has 0 saturated heterocycles. The molecule has 0 spiro atoms. The quantitative estimate of drug-likeness (QED) is 0.629. The molecule has 1 amide bonds.